The number of hydrogen-bond acceptors (Lipinski definition) is 3. The lowest BCUT2D eigenvalue weighted by atomic mass is 10.2. The van der Waals surface area contributed by atoms with Crippen LogP contribution in [0.2, 0.25) is 0 Å². The van der Waals surface area contributed by atoms with Crippen molar-refractivity contribution in [2.45, 2.75) is 13.5 Å². The fourth-order valence-electron chi connectivity index (χ4n) is 1.92. The first-order valence-corrected chi connectivity index (χ1v) is 6.04. The Hall–Kier alpha value is -2.01. The van der Waals surface area contributed by atoms with E-state index >= 15 is 0 Å². The number of nitrogens with zero attached hydrogens (tertiary/aromatic N) is 2. The summed E-state index contributed by atoms with van der Waals surface area (Å²) in [5.41, 5.74) is 6.42. The van der Waals surface area contributed by atoms with Crippen molar-refractivity contribution >= 4 is 11.5 Å². The van der Waals surface area contributed by atoms with Gasteiger partial charge in [0.15, 0.2) is 11.6 Å². The maximum absolute atomic E-state index is 14.2. The molecule has 5 heteroatoms. The second-order valence-corrected chi connectivity index (χ2v) is 4.04. The third-order valence-corrected chi connectivity index (χ3v) is 2.86. The third-order valence-electron chi connectivity index (χ3n) is 2.86. The predicted octanol–water partition coefficient (Wildman–Crippen LogP) is 2.98. The van der Waals surface area contributed by atoms with E-state index in [4.69, 9.17) is 5.73 Å². The Kier molecular flexibility index (Phi) is 4.06. The molecule has 1 aromatic heterocycles. The van der Waals surface area contributed by atoms with Crippen LogP contribution in [0.1, 0.15) is 12.5 Å². The van der Waals surface area contributed by atoms with E-state index in [0.717, 1.165) is 0 Å². The van der Waals surface area contributed by atoms with E-state index in [0.29, 0.717) is 17.8 Å². The molecule has 0 atom stereocenters. The number of aromatic nitrogens is 1. The molecule has 0 amide bonds. The number of anilines is 2. The normalized spacial score (nSPS) is 10.5. The second kappa shape index (κ2) is 5.75. The summed E-state index contributed by atoms with van der Waals surface area (Å²) >= 11 is 0. The Balaban J connectivity index is 2.48. The Morgan fingerprint density at radius 2 is 2.05 bits per heavy atom. The van der Waals surface area contributed by atoms with Crippen molar-refractivity contribution in [1.82, 2.24) is 4.98 Å². The molecule has 1 aromatic carbocycles. The van der Waals surface area contributed by atoms with Gasteiger partial charge < -0.3 is 10.6 Å². The Morgan fingerprint density at radius 3 is 2.68 bits per heavy atom. The van der Waals surface area contributed by atoms with Crippen LogP contribution < -0.4 is 10.6 Å². The van der Waals surface area contributed by atoms with Crippen LogP contribution in [0.15, 0.2) is 36.5 Å². The quantitative estimate of drug-likeness (QED) is 0.922. The average Bonchev–Trinajstić information content (AvgIpc) is 2.41. The smallest absolute Gasteiger partial charge is 0.170 e. The minimum atomic E-state index is -0.462. The van der Waals surface area contributed by atoms with Gasteiger partial charge in [-0.2, -0.15) is 0 Å². The first-order valence-electron chi connectivity index (χ1n) is 6.04. The highest BCUT2D eigenvalue weighted by molar-refractivity contribution is 5.60. The van der Waals surface area contributed by atoms with E-state index in [-0.39, 0.29) is 18.2 Å². The summed E-state index contributed by atoms with van der Waals surface area (Å²) in [6.07, 6.45) is 1.50. The van der Waals surface area contributed by atoms with Gasteiger partial charge in [0.25, 0.3) is 0 Å². The molecule has 0 aliphatic heterocycles. The zero-order valence-electron chi connectivity index (χ0n) is 10.6. The maximum Gasteiger partial charge on any atom is 0.170 e. The van der Waals surface area contributed by atoms with E-state index in [9.17, 15) is 8.78 Å². The molecule has 3 nitrogen and oxygen atoms in total. The van der Waals surface area contributed by atoms with Crippen LogP contribution >= 0.6 is 0 Å². The Bertz CT molecular complexity index is 572. The van der Waals surface area contributed by atoms with Crippen LogP contribution in [0.3, 0.4) is 0 Å². The van der Waals surface area contributed by atoms with E-state index in [1.807, 2.05) is 6.92 Å². The summed E-state index contributed by atoms with van der Waals surface area (Å²) in [5.74, 6) is -0.668. The maximum atomic E-state index is 14.2. The molecule has 0 radical (unpaired) electrons. The van der Waals surface area contributed by atoms with Crippen molar-refractivity contribution in [1.29, 1.82) is 0 Å². The van der Waals surface area contributed by atoms with Crippen LogP contribution in [0, 0.1) is 11.6 Å². The number of hydrogen-bond donors (Lipinski definition) is 1. The first-order chi connectivity index (χ1) is 9.17. The van der Waals surface area contributed by atoms with Crippen LogP contribution in [-0.2, 0) is 6.54 Å². The summed E-state index contributed by atoms with van der Waals surface area (Å²) < 4.78 is 27.5. The molecule has 0 bridgehead atoms. The fraction of sp³-hybridized carbons (Fsp3) is 0.214. The van der Waals surface area contributed by atoms with Crippen molar-refractivity contribution < 1.29 is 8.78 Å². The molecule has 0 saturated heterocycles. The van der Waals surface area contributed by atoms with Gasteiger partial charge in [0, 0.05) is 30.5 Å². The van der Waals surface area contributed by atoms with Crippen molar-refractivity contribution in [3.63, 3.8) is 0 Å². The monoisotopic (exact) mass is 263 g/mol. The number of halogens is 2. The predicted molar refractivity (Wildman–Crippen MR) is 71.2 cm³/mol. The summed E-state index contributed by atoms with van der Waals surface area (Å²) in [6, 6.07) is 7.52. The number of nitrogens with two attached hydrogens (primary N) is 1. The molecule has 100 valence electrons. The molecule has 0 fully saturated rings. The first kappa shape index (κ1) is 13.4. The lowest BCUT2D eigenvalue weighted by molar-refractivity contribution is 0.601. The Morgan fingerprint density at radius 1 is 1.26 bits per heavy atom. The van der Waals surface area contributed by atoms with Gasteiger partial charge in [0.2, 0.25) is 0 Å². The van der Waals surface area contributed by atoms with Crippen LogP contribution in [0.25, 0.3) is 0 Å². The molecular weight excluding hydrogens is 248 g/mol. The summed E-state index contributed by atoms with van der Waals surface area (Å²) in [6.45, 7) is 2.42. The summed E-state index contributed by atoms with van der Waals surface area (Å²) in [5, 5.41) is 0. The lowest BCUT2D eigenvalue weighted by Crippen LogP contribution is -2.20. The summed E-state index contributed by atoms with van der Waals surface area (Å²) in [7, 11) is 0. The van der Waals surface area contributed by atoms with Gasteiger partial charge in [-0.05, 0) is 31.2 Å². The minimum absolute atomic E-state index is 0.0993. The minimum Gasteiger partial charge on any atom is -0.326 e. The number of rotatable bonds is 4. The lowest BCUT2D eigenvalue weighted by Gasteiger charge is -2.23. The number of benzene rings is 1. The molecule has 0 unspecified atom stereocenters. The largest absolute Gasteiger partial charge is 0.326 e. The highest BCUT2D eigenvalue weighted by atomic mass is 19.1. The van der Waals surface area contributed by atoms with Gasteiger partial charge in [-0.15, -0.1) is 0 Å². The highest BCUT2D eigenvalue weighted by Gasteiger charge is 2.16. The van der Waals surface area contributed by atoms with Crippen molar-refractivity contribution in [3.05, 3.63) is 53.7 Å². The number of pyridine rings is 1. The van der Waals surface area contributed by atoms with Crippen LogP contribution in [0.4, 0.5) is 20.3 Å². The topological polar surface area (TPSA) is 42.2 Å². The molecular formula is C14H15F2N3. The van der Waals surface area contributed by atoms with Gasteiger partial charge in [-0.3, -0.25) is 0 Å². The van der Waals surface area contributed by atoms with Crippen molar-refractivity contribution in [2.24, 2.45) is 5.73 Å². The molecule has 2 N–H and O–H groups in total. The molecule has 19 heavy (non-hydrogen) atoms. The van der Waals surface area contributed by atoms with Crippen LogP contribution in [-0.4, -0.2) is 11.5 Å². The van der Waals surface area contributed by atoms with E-state index in [2.05, 4.69) is 4.98 Å². The molecule has 0 spiro atoms. The molecule has 0 aliphatic rings. The Labute approximate surface area is 110 Å². The standard InChI is InChI=1S/C14H15F2N3/c1-2-19(12-5-3-4-11(15)8-12)14-13(16)10(9-17)6-7-18-14/h3-8H,2,9,17H2,1H3. The van der Waals surface area contributed by atoms with Gasteiger partial charge in [-0.25, -0.2) is 13.8 Å². The van der Waals surface area contributed by atoms with Gasteiger partial charge >= 0.3 is 0 Å². The molecule has 1 heterocycles. The summed E-state index contributed by atoms with van der Waals surface area (Å²) in [4.78, 5) is 5.65. The van der Waals surface area contributed by atoms with Gasteiger partial charge in [-0.1, -0.05) is 6.07 Å². The molecule has 2 rings (SSSR count). The van der Waals surface area contributed by atoms with E-state index < -0.39 is 5.82 Å². The molecule has 2 aromatic rings. The molecule has 0 aliphatic carbocycles. The average molecular weight is 263 g/mol. The van der Waals surface area contributed by atoms with Crippen molar-refractivity contribution in [2.75, 3.05) is 11.4 Å². The highest BCUT2D eigenvalue weighted by Crippen LogP contribution is 2.27. The SMILES string of the molecule is CCN(c1cccc(F)c1)c1nccc(CN)c1F. The van der Waals surface area contributed by atoms with Gasteiger partial charge in [0.1, 0.15) is 5.82 Å². The van der Waals surface area contributed by atoms with Crippen LogP contribution in [0.5, 0.6) is 0 Å². The zero-order chi connectivity index (χ0) is 13.8. The third kappa shape index (κ3) is 2.71. The van der Waals surface area contributed by atoms with E-state index in [1.54, 1.807) is 17.0 Å². The second-order valence-electron chi connectivity index (χ2n) is 4.04. The van der Waals surface area contributed by atoms with Gasteiger partial charge in [0.05, 0.1) is 0 Å². The van der Waals surface area contributed by atoms with Crippen molar-refractivity contribution in [3.8, 4) is 0 Å². The molecule has 0 saturated carbocycles. The zero-order valence-corrected chi connectivity index (χ0v) is 10.6. The van der Waals surface area contributed by atoms with E-state index in [1.165, 1.54) is 24.4 Å². The fourth-order valence-corrected chi connectivity index (χ4v) is 1.92.